The van der Waals surface area contributed by atoms with Crippen LogP contribution in [-0.4, -0.2) is 13.0 Å². The van der Waals surface area contributed by atoms with E-state index in [-0.39, 0.29) is 17.9 Å². The van der Waals surface area contributed by atoms with Crippen molar-refractivity contribution in [2.75, 3.05) is 12.4 Å². The molecule has 1 amide bonds. The smallest absolute Gasteiger partial charge is 0.416 e. The molecule has 0 spiro atoms. The average Bonchev–Trinajstić information content (AvgIpc) is 2.82. The first-order valence-corrected chi connectivity index (χ1v) is 10.2. The number of benzene rings is 3. The van der Waals surface area contributed by atoms with Crippen molar-refractivity contribution in [3.05, 3.63) is 94.0 Å². The molecular formula is C25H18ClF3N2O3. The van der Waals surface area contributed by atoms with E-state index in [0.717, 1.165) is 17.7 Å². The van der Waals surface area contributed by atoms with Crippen LogP contribution in [0.3, 0.4) is 0 Å². The minimum absolute atomic E-state index is 0.0816. The Morgan fingerprint density at radius 3 is 2.53 bits per heavy atom. The van der Waals surface area contributed by atoms with E-state index in [2.05, 4.69) is 5.32 Å². The van der Waals surface area contributed by atoms with Crippen LogP contribution >= 0.6 is 11.6 Å². The Morgan fingerprint density at radius 2 is 1.85 bits per heavy atom. The Kier molecular flexibility index (Phi) is 7.82. The molecule has 0 fully saturated rings. The lowest BCUT2D eigenvalue weighted by atomic mass is 10.1. The lowest BCUT2D eigenvalue weighted by Gasteiger charge is -2.12. The monoisotopic (exact) mass is 486 g/mol. The maximum atomic E-state index is 12.9. The topological polar surface area (TPSA) is 71.3 Å². The van der Waals surface area contributed by atoms with Crippen molar-refractivity contribution in [2.45, 2.75) is 12.8 Å². The third-order valence-electron chi connectivity index (χ3n) is 4.65. The molecule has 0 saturated heterocycles. The van der Waals surface area contributed by atoms with Gasteiger partial charge < -0.3 is 14.8 Å². The number of ether oxygens (including phenoxy) is 2. The number of carbonyl (C=O) groups excluding carboxylic acids is 1. The molecule has 0 aliphatic rings. The molecule has 0 unspecified atom stereocenters. The first kappa shape index (κ1) is 24.7. The fourth-order valence-corrected chi connectivity index (χ4v) is 3.14. The van der Waals surface area contributed by atoms with Crippen LogP contribution in [0.15, 0.2) is 72.3 Å². The van der Waals surface area contributed by atoms with Gasteiger partial charge in [-0.3, -0.25) is 4.79 Å². The average molecular weight is 487 g/mol. The Balaban J connectivity index is 1.77. The van der Waals surface area contributed by atoms with E-state index in [1.807, 2.05) is 18.2 Å². The highest BCUT2D eigenvalue weighted by Gasteiger charge is 2.30. The molecule has 0 aromatic heterocycles. The second-order valence-electron chi connectivity index (χ2n) is 6.99. The highest BCUT2D eigenvalue weighted by atomic mass is 35.5. The summed E-state index contributed by atoms with van der Waals surface area (Å²) in [6.07, 6.45) is -3.26. The fraction of sp³-hybridized carbons (Fsp3) is 0.120. The second-order valence-corrected chi connectivity index (χ2v) is 7.40. The number of nitrogens with one attached hydrogen (secondary N) is 1. The molecule has 9 heteroatoms. The van der Waals surface area contributed by atoms with Gasteiger partial charge in [0, 0.05) is 16.3 Å². The van der Waals surface area contributed by atoms with Crippen LogP contribution in [0.1, 0.15) is 16.7 Å². The summed E-state index contributed by atoms with van der Waals surface area (Å²) in [5.41, 5.74) is -0.0538. The molecule has 3 aromatic rings. The highest BCUT2D eigenvalue weighted by Crippen LogP contribution is 2.32. The summed E-state index contributed by atoms with van der Waals surface area (Å²) in [4.78, 5) is 12.5. The van der Waals surface area contributed by atoms with E-state index in [1.54, 1.807) is 30.3 Å². The standard InChI is InChI=1S/C25H18ClF3N2O3/c1-33-23-12-16(9-10-22(23)34-15-17-5-2-3-8-21(17)26)11-18(14-30)24(32)31-20-7-4-6-19(13-20)25(27,28)29/h2-13H,15H2,1H3,(H,31,32). The number of halogens is 4. The number of methoxy groups -OCH3 is 1. The Labute approximate surface area is 199 Å². The first-order valence-electron chi connectivity index (χ1n) is 9.86. The molecule has 3 rings (SSSR count). The van der Waals surface area contributed by atoms with Gasteiger partial charge >= 0.3 is 6.18 Å². The summed E-state index contributed by atoms with van der Waals surface area (Å²) in [5, 5.41) is 12.3. The molecular weight excluding hydrogens is 469 g/mol. The Hall–Kier alpha value is -3.96. The number of carbonyl (C=O) groups is 1. The summed E-state index contributed by atoms with van der Waals surface area (Å²) >= 11 is 6.14. The van der Waals surface area contributed by atoms with Gasteiger partial charge in [-0.05, 0) is 48.0 Å². The molecule has 0 aliphatic carbocycles. The summed E-state index contributed by atoms with van der Waals surface area (Å²) in [5.74, 6) is -0.0669. The van der Waals surface area contributed by atoms with Crippen LogP contribution in [0.4, 0.5) is 18.9 Å². The van der Waals surface area contributed by atoms with Crippen LogP contribution in [0.25, 0.3) is 6.08 Å². The van der Waals surface area contributed by atoms with Gasteiger partial charge in [-0.1, -0.05) is 41.9 Å². The van der Waals surface area contributed by atoms with Gasteiger partial charge in [-0.15, -0.1) is 0 Å². The highest BCUT2D eigenvalue weighted by molar-refractivity contribution is 6.31. The Morgan fingerprint density at radius 1 is 1.09 bits per heavy atom. The number of alkyl halides is 3. The lowest BCUT2D eigenvalue weighted by molar-refractivity contribution is -0.137. The molecule has 0 bridgehead atoms. The predicted octanol–water partition coefficient (Wildman–Crippen LogP) is 6.49. The van der Waals surface area contributed by atoms with E-state index in [1.165, 1.54) is 25.3 Å². The molecule has 0 saturated carbocycles. The van der Waals surface area contributed by atoms with Crippen molar-refractivity contribution >= 4 is 29.3 Å². The van der Waals surface area contributed by atoms with E-state index in [0.29, 0.717) is 22.1 Å². The number of hydrogen-bond donors (Lipinski definition) is 1. The largest absolute Gasteiger partial charge is 0.493 e. The molecule has 34 heavy (non-hydrogen) atoms. The van der Waals surface area contributed by atoms with Crippen molar-refractivity contribution in [2.24, 2.45) is 0 Å². The second kappa shape index (κ2) is 10.8. The maximum Gasteiger partial charge on any atom is 0.416 e. The quantitative estimate of drug-likeness (QED) is 0.306. The van der Waals surface area contributed by atoms with E-state index >= 15 is 0 Å². The van der Waals surface area contributed by atoms with Crippen molar-refractivity contribution in [1.29, 1.82) is 5.26 Å². The number of rotatable bonds is 7. The molecule has 0 aliphatic heterocycles. The van der Waals surface area contributed by atoms with Crippen molar-refractivity contribution in [1.82, 2.24) is 0 Å². The third kappa shape index (κ3) is 6.30. The van der Waals surface area contributed by atoms with E-state index < -0.39 is 17.6 Å². The van der Waals surface area contributed by atoms with E-state index in [9.17, 15) is 23.2 Å². The lowest BCUT2D eigenvalue weighted by Crippen LogP contribution is -2.14. The van der Waals surface area contributed by atoms with Crippen molar-refractivity contribution in [3.8, 4) is 17.6 Å². The van der Waals surface area contributed by atoms with E-state index in [4.69, 9.17) is 21.1 Å². The van der Waals surface area contributed by atoms with Crippen LogP contribution in [0, 0.1) is 11.3 Å². The first-order chi connectivity index (χ1) is 16.2. The van der Waals surface area contributed by atoms with Gasteiger partial charge in [0.1, 0.15) is 18.2 Å². The number of nitriles is 1. The molecule has 0 heterocycles. The summed E-state index contributed by atoms with van der Waals surface area (Å²) in [7, 11) is 1.44. The van der Waals surface area contributed by atoms with Gasteiger partial charge in [-0.2, -0.15) is 18.4 Å². The number of amides is 1. The molecule has 174 valence electrons. The van der Waals surface area contributed by atoms with Crippen LogP contribution in [-0.2, 0) is 17.6 Å². The van der Waals surface area contributed by atoms with Crippen molar-refractivity contribution in [3.63, 3.8) is 0 Å². The molecule has 3 aromatic carbocycles. The van der Waals surface area contributed by atoms with Gasteiger partial charge in [0.25, 0.3) is 5.91 Å². The maximum absolute atomic E-state index is 12.9. The van der Waals surface area contributed by atoms with Crippen LogP contribution in [0.2, 0.25) is 5.02 Å². The molecule has 0 radical (unpaired) electrons. The zero-order chi connectivity index (χ0) is 24.7. The zero-order valence-corrected chi connectivity index (χ0v) is 18.6. The minimum Gasteiger partial charge on any atom is -0.493 e. The van der Waals surface area contributed by atoms with Gasteiger partial charge in [0.15, 0.2) is 11.5 Å². The van der Waals surface area contributed by atoms with Gasteiger partial charge in [0.2, 0.25) is 0 Å². The summed E-state index contributed by atoms with van der Waals surface area (Å²) < 4.78 is 49.8. The van der Waals surface area contributed by atoms with Gasteiger partial charge in [-0.25, -0.2) is 0 Å². The predicted molar refractivity (Wildman–Crippen MR) is 122 cm³/mol. The summed E-state index contributed by atoms with van der Waals surface area (Å²) in [6.45, 7) is 0.202. The number of anilines is 1. The summed E-state index contributed by atoms with van der Waals surface area (Å²) in [6, 6.07) is 17.9. The molecule has 1 N–H and O–H groups in total. The van der Waals surface area contributed by atoms with Gasteiger partial charge in [0.05, 0.1) is 12.7 Å². The van der Waals surface area contributed by atoms with Crippen LogP contribution in [0.5, 0.6) is 11.5 Å². The van der Waals surface area contributed by atoms with Crippen LogP contribution < -0.4 is 14.8 Å². The SMILES string of the molecule is COc1cc(C=C(C#N)C(=O)Nc2cccc(C(F)(F)F)c2)ccc1OCc1ccccc1Cl. The van der Waals surface area contributed by atoms with Crippen molar-refractivity contribution < 1.29 is 27.4 Å². The number of hydrogen-bond acceptors (Lipinski definition) is 4. The molecule has 0 atom stereocenters. The molecule has 5 nitrogen and oxygen atoms in total. The fourth-order valence-electron chi connectivity index (χ4n) is 2.95. The zero-order valence-electron chi connectivity index (χ0n) is 17.8. The minimum atomic E-state index is -4.55. The Bertz CT molecular complexity index is 1270. The third-order valence-corrected chi connectivity index (χ3v) is 5.02. The number of nitrogens with zero attached hydrogens (tertiary/aromatic N) is 1. The normalized spacial score (nSPS) is 11.5.